The normalized spacial score (nSPS) is 10.6. The van der Waals surface area contributed by atoms with E-state index in [1.807, 2.05) is 6.07 Å². The molecule has 0 aliphatic heterocycles. The number of hydrogen-bond acceptors (Lipinski definition) is 1. The average Bonchev–Trinajstić information content (AvgIpc) is 2.28. The molecular formula is C15H25N. The minimum absolute atomic E-state index is 0.909. The van der Waals surface area contributed by atoms with Crippen LogP contribution >= 0.6 is 0 Å². The van der Waals surface area contributed by atoms with Gasteiger partial charge in [-0.05, 0) is 37.0 Å². The van der Waals surface area contributed by atoms with Gasteiger partial charge in [-0.1, -0.05) is 51.2 Å². The van der Waals surface area contributed by atoms with Crippen molar-refractivity contribution in [1.82, 2.24) is 0 Å². The van der Waals surface area contributed by atoms with Crippen LogP contribution < -0.4 is 5.73 Å². The number of aryl methyl sites for hydroxylation is 2. The first-order valence-electron chi connectivity index (χ1n) is 6.59. The number of hydrogen-bond donors (Lipinski definition) is 1. The monoisotopic (exact) mass is 219 g/mol. The lowest BCUT2D eigenvalue weighted by Crippen LogP contribution is -1.92. The fourth-order valence-corrected chi connectivity index (χ4v) is 2.00. The zero-order valence-electron chi connectivity index (χ0n) is 10.8. The van der Waals surface area contributed by atoms with Crippen LogP contribution in [0.25, 0.3) is 0 Å². The Kier molecular flexibility index (Phi) is 5.99. The van der Waals surface area contributed by atoms with Crippen LogP contribution in [-0.4, -0.2) is 0 Å². The van der Waals surface area contributed by atoms with Crippen LogP contribution in [-0.2, 0) is 6.42 Å². The smallest absolute Gasteiger partial charge is 0.0343 e. The van der Waals surface area contributed by atoms with Crippen molar-refractivity contribution in [3.05, 3.63) is 29.3 Å². The summed E-state index contributed by atoms with van der Waals surface area (Å²) in [7, 11) is 0. The van der Waals surface area contributed by atoms with Crippen LogP contribution in [0.15, 0.2) is 18.2 Å². The van der Waals surface area contributed by atoms with E-state index in [0.29, 0.717) is 0 Å². The molecule has 0 bridgehead atoms. The largest absolute Gasteiger partial charge is 0.399 e. The number of nitrogen functional groups attached to an aromatic ring is 1. The minimum Gasteiger partial charge on any atom is -0.399 e. The standard InChI is InChI=1S/C15H25N/c1-3-4-5-6-7-8-9-14-10-11-15(16)13(2)12-14/h10-12H,3-9,16H2,1-2H3. The van der Waals surface area contributed by atoms with Crippen molar-refractivity contribution in [3.8, 4) is 0 Å². The molecule has 0 amide bonds. The van der Waals surface area contributed by atoms with E-state index in [2.05, 4.69) is 26.0 Å². The number of benzene rings is 1. The predicted octanol–water partition coefficient (Wildman–Crippen LogP) is 4.48. The maximum absolute atomic E-state index is 5.80. The summed E-state index contributed by atoms with van der Waals surface area (Å²) in [5.74, 6) is 0. The summed E-state index contributed by atoms with van der Waals surface area (Å²) in [6, 6.07) is 6.41. The zero-order valence-corrected chi connectivity index (χ0v) is 10.8. The van der Waals surface area contributed by atoms with Gasteiger partial charge in [0.2, 0.25) is 0 Å². The third-order valence-corrected chi connectivity index (χ3v) is 3.15. The van der Waals surface area contributed by atoms with Gasteiger partial charge < -0.3 is 5.73 Å². The molecule has 90 valence electrons. The Morgan fingerprint density at radius 2 is 1.69 bits per heavy atom. The third kappa shape index (κ3) is 4.69. The zero-order chi connectivity index (χ0) is 11.8. The van der Waals surface area contributed by atoms with Gasteiger partial charge in [-0.3, -0.25) is 0 Å². The molecule has 0 spiro atoms. The molecule has 16 heavy (non-hydrogen) atoms. The highest BCUT2D eigenvalue weighted by Gasteiger charge is 1.97. The molecule has 1 aromatic rings. The predicted molar refractivity (Wildman–Crippen MR) is 72.7 cm³/mol. The Morgan fingerprint density at radius 1 is 1.00 bits per heavy atom. The lowest BCUT2D eigenvalue weighted by atomic mass is 10.0. The fraction of sp³-hybridized carbons (Fsp3) is 0.600. The first-order valence-corrected chi connectivity index (χ1v) is 6.59. The molecule has 0 fully saturated rings. The van der Waals surface area contributed by atoms with E-state index in [1.54, 1.807) is 0 Å². The van der Waals surface area contributed by atoms with Gasteiger partial charge in [-0.2, -0.15) is 0 Å². The summed E-state index contributed by atoms with van der Waals surface area (Å²) in [6.45, 7) is 4.34. The van der Waals surface area contributed by atoms with Gasteiger partial charge in [0.05, 0.1) is 0 Å². The SMILES string of the molecule is CCCCCCCCc1ccc(N)c(C)c1. The quantitative estimate of drug-likeness (QED) is 0.531. The fourth-order valence-electron chi connectivity index (χ4n) is 2.00. The number of anilines is 1. The summed E-state index contributed by atoms with van der Waals surface area (Å²) in [4.78, 5) is 0. The van der Waals surface area contributed by atoms with E-state index < -0.39 is 0 Å². The molecule has 0 unspecified atom stereocenters. The molecule has 2 N–H and O–H groups in total. The maximum Gasteiger partial charge on any atom is 0.0343 e. The van der Waals surface area contributed by atoms with E-state index in [9.17, 15) is 0 Å². The van der Waals surface area contributed by atoms with Gasteiger partial charge in [-0.25, -0.2) is 0 Å². The molecule has 0 radical (unpaired) electrons. The van der Waals surface area contributed by atoms with Crippen molar-refractivity contribution in [2.45, 2.75) is 58.8 Å². The average molecular weight is 219 g/mol. The van der Waals surface area contributed by atoms with Crippen LogP contribution in [0.3, 0.4) is 0 Å². The molecule has 1 nitrogen and oxygen atoms in total. The van der Waals surface area contributed by atoms with E-state index in [0.717, 1.165) is 5.69 Å². The van der Waals surface area contributed by atoms with Crippen LogP contribution in [0, 0.1) is 6.92 Å². The van der Waals surface area contributed by atoms with Crippen molar-refractivity contribution in [1.29, 1.82) is 0 Å². The van der Waals surface area contributed by atoms with Gasteiger partial charge in [0.1, 0.15) is 0 Å². The highest BCUT2D eigenvalue weighted by atomic mass is 14.5. The molecule has 1 aromatic carbocycles. The molecule has 0 aromatic heterocycles. The number of rotatable bonds is 7. The highest BCUT2D eigenvalue weighted by Crippen LogP contribution is 2.15. The first kappa shape index (κ1) is 13.1. The summed E-state index contributed by atoms with van der Waals surface area (Å²) in [5.41, 5.74) is 9.35. The van der Waals surface area contributed by atoms with Crippen molar-refractivity contribution in [2.75, 3.05) is 5.73 Å². The molecule has 1 rings (SSSR count). The van der Waals surface area contributed by atoms with Gasteiger partial charge in [0.15, 0.2) is 0 Å². The second kappa shape index (κ2) is 7.32. The number of unbranched alkanes of at least 4 members (excludes halogenated alkanes) is 5. The van der Waals surface area contributed by atoms with Gasteiger partial charge in [0, 0.05) is 5.69 Å². The Balaban J connectivity index is 2.19. The Morgan fingerprint density at radius 3 is 2.38 bits per heavy atom. The highest BCUT2D eigenvalue weighted by molar-refractivity contribution is 5.47. The molecule has 0 saturated carbocycles. The van der Waals surface area contributed by atoms with Crippen LogP contribution in [0.4, 0.5) is 5.69 Å². The van der Waals surface area contributed by atoms with Crippen LogP contribution in [0.2, 0.25) is 0 Å². The summed E-state index contributed by atoms with van der Waals surface area (Å²) in [5, 5.41) is 0. The molecule has 0 heterocycles. The minimum atomic E-state index is 0.909. The van der Waals surface area contributed by atoms with E-state index in [1.165, 1.54) is 56.1 Å². The van der Waals surface area contributed by atoms with Crippen LogP contribution in [0.5, 0.6) is 0 Å². The summed E-state index contributed by atoms with van der Waals surface area (Å²) < 4.78 is 0. The summed E-state index contributed by atoms with van der Waals surface area (Å²) in [6.07, 6.45) is 9.39. The summed E-state index contributed by atoms with van der Waals surface area (Å²) >= 11 is 0. The molecule has 0 aliphatic carbocycles. The molecule has 0 atom stereocenters. The van der Waals surface area contributed by atoms with Gasteiger partial charge in [-0.15, -0.1) is 0 Å². The maximum atomic E-state index is 5.80. The van der Waals surface area contributed by atoms with Crippen molar-refractivity contribution in [3.63, 3.8) is 0 Å². The van der Waals surface area contributed by atoms with E-state index >= 15 is 0 Å². The second-order valence-electron chi connectivity index (χ2n) is 4.71. The van der Waals surface area contributed by atoms with E-state index in [4.69, 9.17) is 5.73 Å². The molecule has 0 saturated heterocycles. The second-order valence-corrected chi connectivity index (χ2v) is 4.71. The third-order valence-electron chi connectivity index (χ3n) is 3.15. The molecular weight excluding hydrogens is 194 g/mol. The Bertz CT molecular complexity index is 304. The van der Waals surface area contributed by atoms with Crippen molar-refractivity contribution in [2.24, 2.45) is 0 Å². The first-order chi connectivity index (χ1) is 7.74. The Labute approximate surface area is 100 Å². The topological polar surface area (TPSA) is 26.0 Å². The molecule has 1 heteroatoms. The Hall–Kier alpha value is -0.980. The van der Waals surface area contributed by atoms with Gasteiger partial charge in [0.25, 0.3) is 0 Å². The lowest BCUT2D eigenvalue weighted by molar-refractivity contribution is 0.607. The van der Waals surface area contributed by atoms with E-state index in [-0.39, 0.29) is 0 Å². The lowest BCUT2D eigenvalue weighted by Gasteiger charge is -2.05. The molecule has 0 aliphatic rings. The van der Waals surface area contributed by atoms with Crippen molar-refractivity contribution >= 4 is 5.69 Å². The number of nitrogens with two attached hydrogens (primary N) is 1. The van der Waals surface area contributed by atoms with Crippen LogP contribution in [0.1, 0.15) is 56.6 Å². The van der Waals surface area contributed by atoms with Gasteiger partial charge >= 0.3 is 0 Å². The van der Waals surface area contributed by atoms with Crippen molar-refractivity contribution < 1.29 is 0 Å².